The summed E-state index contributed by atoms with van der Waals surface area (Å²) >= 11 is 12.3. The molecule has 5 heteroatoms. The van der Waals surface area contributed by atoms with Crippen molar-refractivity contribution in [1.82, 2.24) is 4.90 Å². The van der Waals surface area contributed by atoms with Crippen LogP contribution >= 0.6 is 23.2 Å². The van der Waals surface area contributed by atoms with E-state index in [1.54, 1.807) is 25.3 Å². The average Bonchev–Trinajstić information content (AvgIpc) is 2.91. The summed E-state index contributed by atoms with van der Waals surface area (Å²) in [4.78, 5) is 14.8. The van der Waals surface area contributed by atoms with Gasteiger partial charge in [0.2, 0.25) is 0 Å². The Labute approximate surface area is 141 Å². The van der Waals surface area contributed by atoms with E-state index in [1.807, 2.05) is 4.90 Å². The summed E-state index contributed by atoms with van der Waals surface area (Å²) in [6.45, 7) is 1.53. The van der Waals surface area contributed by atoms with Crippen LogP contribution in [0.4, 0.5) is 0 Å². The Balaban J connectivity index is 1.83. The van der Waals surface area contributed by atoms with E-state index in [-0.39, 0.29) is 17.4 Å². The molecule has 2 aliphatic rings. The number of rotatable bonds is 2. The lowest BCUT2D eigenvalue weighted by molar-refractivity contribution is -0.0295. The van der Waals surface area contributed by atoms with E-state index in [2.05, 4.69) is 0 Å². The van der Waals surface area contributed by atoms with Gasteiger partial charge in [-0.1, -0.05) is 35.7 Å². The molecular formula is C17H21Cl2NO2. The maximum absolute atomic E-state index is 12.8. The summed E-state index contributed by atoms with van der Waals surface area (Å²) in [7, 11) is 1.78. The molecule has 1 saturated carbocycles. The van der Waals surface area contributed by atoms with Crippen LogP contribution in [-0.2, 0) is 4.74 Å². The SMILES string of the molecule is CO[C@@H]1CCC[C@]12CCCN(C(=O)c1cccc(Cl)c1Cl)C2. The van der Waals surface area contributed by atoms with E-state index in [0.29, 0.717) is 15.6 Å². The van der Waals surface area contributed by atoms with Crippen LogP contribution < -0.4 is 0 Å². The molecule has 120 valence electrons. The molecular weight excluding hydrogens is 321 g/mol. The van der Waals surface area contributed by atoms with E-state index in [9.17, 15) is 4.79 Å². The number of nitrogens with zero attached hydrogens (tertiary/aromatic N) is 1. The van der Waals surface area contributed by atoms with Crippen LogP contribution in [0.25, 0.3) is 0 Å². The second-order valence-corrected chi connectivity index (χ2v) is 7.20. The number of halogens is 2. The van der Waals surface area contributed by atoms with E-state index < -0.39 is 0 Å². The van der Waals surface area contributed by atoms with Crippen molar-refractivity contribution < 1.29 is 9.53 Å². The fourth-order valence-corrected chi connectivity index (χ4v) is 4.50. The van der Waals surface area contributed by atoms with Crippen molar-refractivity contribution in [2.24, 2.45) is 5.41 Å². The van der Waals surface area contributed by atoms with Crippen molar-refractivity contribution >= 4 is 29.1 Å². The number of likely N-dealkylation sites (tertiary alicyclic amines) is 1. The lowest BCUT2D eigenvalue weighted by Crippen LogP contribution is -2.49. The Morgan fingerprint density at radius 1 is 1.32 bits per heavy atom. The van der Waals surface area contributed by atoms with Crippen LogP contribution in [0.15, 0.2) is 18.2 Å². The molecule has 0 bridgehead atoms. The van der Waals surface area contributed by atoms with Crippen molar-refractivity contribution in [3.05, 3.63) is 33.8 Å². The van der Waals surface area contributed by atoms with Crippen LogP contribution in [0.5, 0.6) is 0 Å². The molecule has 1 amide bonds. The van der Waals surface area contributed by atoms with E-state index >= 15 is 0 Å². The molecule has 1 heterocycles. The predicted molar refractivity (Wildman–Crippen MR) is 88.7 cm³/mol. The van der Waals surface area contributed by atoms with Crippen LogP contribution in [-0.4, -0.2) is 37.1 Å². The number of amides is 1. The standard InChI is InChI=1S/C17H21Cl2NO2/c1-22-14-7-3-8-17(14)9-4-10-20(11-17)16(21)12-5-2-6-13(18)15(12)19/h2,5-6,14H,3-4,7-11H2,1H3/t14-,17-/m1/s1. The molecule has 3 rings (SSSR count). The third kappa shape index (κ3) is 2.75. The van der Waals surface area contributed by atoms with Gasteiger partial charge in [-0.3, -0.25) is 4.79 Å². The number of hydrogen-bond acceptors (Lipinski definition) is 2. The number of methoxy groups -OCH3 is 1. The van der Waals surface area contributed by atoms with Gasteiger partial charge in [-0.05, 0) is 37.8 Å². The smallest absolute Gasteiger partial charge is 0.255 e. The molecule has 2 atom stereocenters. The van der Waals surface area contributed by atoms with Gasteiger partial charge in [0.15, 0.2) is 0 Å². The zero-order valence-electron chi connectivity index (χ0n) is 12.8. The Bertz CT molecular complexity index is 578. The summed E-state index contributed by atoms with van der Waals surface area (Å²) in [6, 6.07) is 5.23. The minimum Gasteiger partial charge on any atom is -0.381 e. The summed E-state index contributed by atoms with van der Waals surface area (Å²) < 4.78 is 5.70. The first kappa shape index (κ1) is 16.1. The molecule has 2 fully saturated rings. The molecule has 1 aromatic carbocycles. The van der Waals surface area contributed by atoms with Crippen molar-refractivity contribution in [2.45, 2.75) is 38.2 Å². The van der Waals surface area contributed by atoms with Gasteiger partial charge < -0.3 is 9.64 Å². The number of carbonyl (C=O) groups is 1. The largest absolute Gasteiger partial charge is 0.381 e. The van der Waals surface area contributed by atoms with Gasteiger partial charge >= 0.3 is 0 Å². The third-order valence-electron chi connectivity index (χ3n) is 5.19. The summed E-state index contributed by atoms with van der Waals surface area (Å²) in [6.07, 6.45) is 5.83. The van der Waals surface area contributed by atoms with Gasteiger partial charge in [0.05, 0.1) is 21.7 Å². The van der Waals surface area contributed by atoms with Crippen molar-refractivity contribution in [3.8, 4) is 0 Å². The van der Waals surface area contributed by atoms with Gasteiger partial charge in [-0.25, -0.2) is 0 Å². The van der Waals surface area contributed by atoms with Crippen molar-refractivity contribution in [1.29, 1.82) is 0 Å². The van der Waals surface area contributed by atoms with Crippen molar-refractivity contribution in [3.63, 3.8) is 0 Å². The first-order valence-corrected chi connectivity index (χ1v) is 8.59. The summed E-state index contributed by atoms with van der Waals surface area (Å²) in [5.74, 6) is -0.0201. The van der Waals surface area contributed by atoms with E-state index in [0.717, 1.165) is 38.8 Å². The lowest BCUT2D eigenvalue weighted by atomic mass is 9.76. The fourth-order valence-electron chi connectivity index (χ4n) is 4.11. The monoisotopic (exact) mass is 341 g/mol. The Hall–Kier alpha value is -0.770. The highest BCUT2D eigenvalue weighted by Crippen LogP contribution is 2.46. The topological polar surface area (TPSA) is 29.5 Å². The minimum atomic E-state index is -0.0201. The quantitative estimate of drug-likeness (QED) is 0.797. The maximum atomic E-state index is 12.8. The molecule has 3 nitrogen and oxygen atoms in total. The molecule has 0 radical (unpaired) electrons. The Morgan fingerprint density at radius 3 is 2.86 bits per heavy atom. The van der Waals surface area contributed by atoms with E-state index in [4.69, 9.17) is 27.9 Å². The average molecular weight is 342 g/mol. The van der Waals surface area contributed by atoms with Gasteiger partial charge in [0.1, 0.15) is 0 Å². The predicted octanol–water partition coefficient (Wildman–Crippen LogP) is 4.41. The number of hydrogen-bond donors (Lipinski definition) is 0. The van der Waals surface area contributed by atoms with Crippen LogP contribution in [0.3, 0.4) is 0 Å². The van der Waals surface area contributed by atoms with Crippen molar-refractivity contribution in [2.75, 3.05) is 20.2 Å². The number of carbonyl (C=O) groups excluding carboxylic acids is 1. The molecule has 0 unspecified atom stereocenters. The molecule has 0 aromatic heterocycles. The minimum absolute atomic E-state index is 0.0201. The first-order chi connectivity index (χ1) is 10.6. The highest BCUT2D eigenvalue weighted by Gasteiger charge is 2.46. The van der Waals surface area contributed by atoms with Gasteiger partial charge in [0.25, 0.3) is 5.91 Å². The van der Waals surface area contributed by atoms with Gasteiger partial charge in [-0.2, -0.15) is 0 Å². The highest BCUT2D eigenvalue weighted by molar-refractivity contribution is 6.43. The maximum Gasteiger partial charge on any atom is 0.255 e. The zero-order chi connectivity index (χ0) is 15.7. The molecule has 22 heavy (non-hydrogen) atoms. The van der Waals surface area contributed by atoms with E-state index in [1.165, 1.54) is 6.42 Å². The molecule has 1 saturated heterocycles. The fraction of sp³-hybridized carbons (Fsp3) is 0.588. The second-order valence-electron chi connectivity index (χ2n) is 6.41. The van der Waals surface area contributed by atoms with Crippen LogP contribution in [0, 0.1) is 5.41 Å². The first-order valence-electron chi connectivity index (χ1n) is 7.83. The van der Waals surface area contributed by atoms with Crippen LogP contribution in [0.2, 0.25) is 10.0 Å². The molecule has 1 spiro atoms. The summed E-state index contributed by atoms with van der Waals surface area (Å²) in [5.41, 5.74) is 0.617. The highest BCUT2D eigenvalue weighted by atomic mass is 35.5. The number of ether oxygens (including phenoxy) is 1. The second kappa shape index (κ2) is 6.38. The third-order valence-corrected chi connectivity index (χ3v) is 6.01. The molecule has 1 aliphatic carbocycles. The Kier molecular flexibility index (Phi) is 4.67. The van der Waals surface area contributed by atoms with Crippen LogP contribution in [0.1, 0.15) is 42.5 Å². The lowest BCUT2D eigenvalue weighted by Gasteiger charge is -2.43. The number of benzene rings is 1. The molecule has 1 aliphatic heterocycles. The number of piperidine rings is 1. The Morgan fingerprint density at radius 2 is 2.09 bits per heavy atom. The normalized spacial score (nSPS) is 28.3. The van der Waals surface area contributed by atoms with Gasteiger partial charge in [-0.15, -0.1) is 0 Å². The zero-order valence-corrected chi connectivity index (χ0v) is 14.3. The summed E-state index contributed by atoms with van der Waals surface area (Å²) in [5, 5.41) is 0.776. The van der Waals surface area contributed by atoms with Gasteiger partial charge in [0, 0.05) is 25.6 Å². The molecule has 0 N–H and O–H groups in total. The molecule has 1 aromatic rings.